The molecule has 0 bridgehead atoms. The van der Waals surface area contributed by atoms with Crippen molar-refractivity contribution in [2.75, 3.05) is 0 Å². The van der Waals surface area contributed by atoms with Crippen LogP contribution in [0.1, 0.15) is 42.3 Å². The fraction of sp³-hybridized carbons (Fsp3) is 0.259. The second-order valence-corrected chi connectivity index (χ2v) is 12.0. The van der Waals surface area contributed by atoms with E-state index >= 15 is 0 Å². The van der Waals surface area contributed by atoms with Gasteiger partial charge in [0.2, 0.25) is 0 Å². The van der Waals surface area contributed by atoms with Crippen LogP contribution in [0, 0.1) is 6.92 Å². The maximum absolute atomic E-state index is 2.27. The van der Waals surface area contributed by atoms with Gasteiger partial charge in [-0.1, -0.05) is 0 Å². The topological polar surface area (TPSA) is 0 Å². The molecule has 0 aliphatic carbocycles. The molecule has 0 fully saturated rings. The molecule has 29 heavy (non-hydrogen) atoms. The monoisotopic (exact) mass is 514 g/mol. The molecule has 0 N–H and O–H groups in total. The Morgan fingerprint density at radius 1 is 0.621 bits per heavy atom. The molecule has 2 heterocycles. The van der Waals surface area contributed by atoms with E-state index in [1.54, 1.807) is 0 Å². The van der Waals surface area contributed by atoms with Crippen LogP contribution < -0.4 is 0 Å². The molecule has 0 unspecified atom stereocenters. The van der Waals surface area contributed by atoms with Crippen molar-refractivity contribution >= 4 is 29.0 Å². The molecule has 4 rings (SSSR count). The van der Waals surface area contributed by atoms with E-state index in [0.29, 0.717) is 29.0 Å². The number of hydrogen-bond acceptors (Lipinski definition) is 0. The molecule has 150 valence electrons. The summed E-state index contributed by atoms with van der Waals surface area (Å²) in [6.07, 6.45) is 4.85. The van der Waals surface area contributed by atoms with E-state index in [1.807, 2.05) is 0 Å². The maximum atomic E-state index is 2.27. The summed E-state index contributed by atoms with van der Waals surface area (Å²) in [5.74, 6) is 0. The standard InChI is InChI=1S/C14H16Se.C13H14Se/c1-3-4-12-6-8-13(9-7-12)14-10-5-11(2)15-14;1-2-4-11-6-8-12(9-7-11)13-5-3-10-14-13/h5-10H,3-4H2,1-2H3;3,5-10H,2,4H2,1H3. The molecule has 4 aromatic rings. The average Bonchev–Trinajstić information content (AvgIpc) is 3.42. The van der Waals surface area contributed by atoms with Crippen molar-refractivity contribution in [1.82, 2.24) is 0 Å². The van der Waals surface area contributed by atoms with E-state index in [9.17, 15) is 0 Å². The van der Waals surface area contributed by atoms with Gasteiger partial charge in [0.15, 0.2) is 0 Å². The van der Waals surface area contributed by atoms with Crippen LogP contribution in [-0.2, 0) is 12.8 Å². The summed E-state index contributed by atoms with van der Waals surface area (Å²) in [7, 11) is 0. The predicted octanol–water partition coefficient (Wildman–Crippen LogP) is 7.03. The second kappa shape index (κ2) is 11.6. The van der Waals surface area contributed by atoms with Gasteiger partial charge in [-0.15, -0.1) is 0 Å². The van der Waals surface area contributed by atoms with Crippen molar-refractivity contribution in [3.8, 4) is 20.0 Å². The van der Waals surface area contributed by atoms with Gasteiger partial charge < -0.3 is 0 Å². The van der Waals surface area contributed by atoms with Crippen LogP contribution in [0.25, 0.3) is 20.0 Å². The van der Waals surface area contributed by atoms with Crippen LogP contribution in [0.3, 0.4) is 0 Å². The number of aryl methyl sites for hydroxylation is 3. The summed E-state index contributed by atoms with van der Waals surface area (Å²) in [6.45, 7) is 6.67. The Kier molecular flexibility index (Phi) is 8.84. The Bertz CT molecular complexity index is 958. The third kappa shape index (κ3) is 6.73. The van der Waals surface area contributed by atoms with E-state index in [2.05, 4.69) is 98.5 Å². The minimum absolute atomic E-state index is 0.562. The predicted molar refractivity (Wildman–Crippen MR) is 130 cm³/mol. The summed E-state index contributed by atoms with van der Waals surface area (Å²) in [6, 6.07) is 27.0. The Balaban J connectivity index is 0.000000166. The van der Waals surface area contributed by atoms with Gasteiger partial charge in [0, 0.05) is 0 Å². The molecule has 2 aromatic carbocycles. The Morgan fingerprint density at radius 3 is 1.59 bits per heavy atom. The first-order chi connectivity index (χ1) is 14.2. The van der Waals surface area contributed by atoms with E-state index in [-0.39, 0.29) is 0 Å². The molecule has 0 aliphatic heterocycles. The third-order valence-electron chi connectivity index (χ3n) is 4.82. The molecular formula is C27H30Se2. The van der Waals surface area contributed by atoms with Crippen molar-refractivity contribution in [3.05, 3.63) is 93.3 Å². The van der Waals surface area contributed by atoms with E-state index in [0.717, 1.165) is 0 Å². The van der Waals surface area contributed by atoms with Crippen molar-refractivity contribution in [2.45, 2.75) is 46.5 Å². The van der Waals surface area contributed by atoms with Crippen LogP contribution in [0.15, 0.2) is 77.7 Å². The van der Waals surface area contributed by atoms with E-state index in [4.69, 9.17) is 0 Å². The fourth-order valence-electron chi connectivity index (χ4n) is 3.28. The summed E-state index contributed by atoms with van der Waals surface area (Å²) >= 11 is 1.12. The quantitative estimate of drug-likeness (QED) is 0.243. The summed E-state index contributed by atoms with van der Waals surface area (Å²) in [4.78, 5) is 2.27. The van der Waals surface area contributed by atoms with Crippen molar-refractivity contribution in [2.24, 2.45) is 0 Å². The van der Waals surface area contributed by atoms with Crippen molar-refractivity contribution in [3.63, 3.8) is 0 Å². The van der Waals surface area contributed by atoms with Gasteiger partial charge >= 0.3 is 189 Å². The number of hydrogen-bond donors (Lipinski definition) is 0. The molecule has 0 aliphatic rings. The zero-order valence-corrected chi connectivity index (χ0v) is 21.1. The van der Waals surface area contributed by atoms with Crippen molar-refractivity contribution in [1.29, 1.82) is 0 Å². The first-order valence-electron chi connectivity index (χ1n) is 10.5. The van der Waals surface area contributed by atoms with Gasteiger partial charge in [0.1, 0.15) is 0 Å². The molecule has 2 aromatic heterocycles. The first-order valence-corrected chi connectivity index (χ1v) is 14.0. The van der Waals surface area contributed by atoms with Gasteiger partial charge in [-0.05, 0) is 0 Å². The van der Waals surface area contributed by atoms with Gasteiger partial charge in [0.25, 0.3) is 0 Å². The molecule has 0 radical (unpaired) electrons. The minimum atomic E-state index is 0.562. The van der Waals surface area contributed by atoms with Gasteiger partial charge in [-0.25, -0.2) is 0 Å². The summed E-state index contributed by atoms with van der Waals surface area (Å²) < 4.78 is 4.54. The SMILES string of the molecule is CCCc1ccc(-c2ccc(C)[se]2)cc1.CCCc1ccc(-c2ccc[se]2)cc1. The fourth-order valence-corrected chi connectivity index (χ4v) is 6.65. The summed E-state index contributed by atoms with van der Waals surface area (Å²) in [5, 5.41) is 0. The zero-order valence-electron chi connectivity index (χ0n) is 17.7. The molecule has 0 saturated carbocycles. The van der Waals surface area contributed by atoms with Gasteiger partial charge in [-0.3, -0.25) is 0 Å². The summed E-state index contributed by atoms with van der Waals surface area (Å²) in [5.41, 5.74) is 5.71. The molecular weight excluding hydrogens is 482 g/mol. The molecule has 0 nitrogen and oxygen atoms in total. The average molecular weight is 512 g/mol. The van der Waals surface area contributed by atoms with Crippen LogP contribution in [0.2, 0.25) is 0 Å². The first kappa shape index (κ1) is 22.1. The molecule has 0 atom stereocenters. The van der Waals surface area contributed by atoms with Gasteiger partial charge in [0.05, 0.1) is 0 Å². The molecule has 0 amide bonds. The van der Waals surface area contributed by atoms with Crippen LogP contribution in [-0.4, -0.2) is 29.0 Å². The van der Waals surface area contributed by atoms with E-state index < -0.39 is 0 Å². The van der Waals surface area contributed by atoms with Crippen LogP contribution >= 0.6 is 0 Å². The van der Waals surface area contributed by atoms with Crippen LogP contribution in [0.4, 0.5) is 0 Å². The Morgan fingerprint density at radius 2 is 1.17 bits per heavy atom. The Labute approximate surface area is 188 Å². The third-order valence-corrected chi connectivity index (χ3v) is 8.95. The zero-order chi connectivity index (χ0) is 20.5. The van der Waals surface area contributed by atoms with Gasteiger partial charge in [-0.2, -0.15) is 0 Å². The molecule has 0 spiro atoms. The number of benzene rings is 2. The Hall–Kier alpha value is -1.56. The van der Waals surface area contributed by atoms with Crippen LogP contribution in [0.5, 0.6) is 0 Å². The molecule has 2 heteroatoms. The second-order valence-electron chi connectivity index (χ2n) is 7.28. The number of rotatable bonds is 6. The van der Waals surface area contributed by atoms with Crippen molar-refractivity contribution < 1.29 is 0 Å². The molecule has 0 saturated heterocycles. The van der Waals surface area contributed by atoms with E-state index in [1.165, 1.54) is 61.2 Å². The normalized spacial score (nSPS) is 10.4.